The minimum Gasteiger partial charge on any atom is -0.491 e. The van der Waals surface area contributed by atoms with Crippen molar-refractivity contribution < 1.29 is 23.7 Å². The number of benzene rings is 2. The first-order valence-corrected chi connectivity index (χ1v) is 11.1. The monoisotopic (exact) mass is 476 g/mol. The van der Waals surface area contributed by atoms with Gasteiger partial charge < -0.3 is 18.9 Å². The third-order valence-electron chi connectivity index (χ3n) is 5.00. The molecule has 7 heteroatoms. The topological polar surface area (TPSA) is 54.0 Å². The summed E-state index contributed by atoms with van der Waals surface area (Å²) in [5.74, 6) is 2.06. The van der Waals surface area contributed by atoms with Gasteiger partial charge in [0.05, 0.1) is 37.5 Å². The van der Waals surface area contributed by atoms with Crippen LogP contribution >= 0.6 is 23.2 Å². The van der Waals surface area contributed by atoms with Gasteiger partial charge in [-0.2, -0.15) is 0 Å². The number of ketones is 1. The summed E-state index contributed by atoms with van der Waals surface area (Å²) in [6.45, 7) is 4.73. The van der Waals surface area contributed by atoms with Gasteiger partial charge in [0.1, 0.15) is 0 Å². The summed E-state index contributed by atoms with van der Waals surface area (Å²) in [6.07, 6.45) is 4.98. The first-order chi connectivity index (χ1) is 15.4. The van der Waals surface area contributed by atoms with E-state index in [-0.39, 0.29) is 5.78 Å². The molecule has 1 saturated carbocycles. The van der Waals surface area contributed by atoms with Gasteiger partial charge in [-0.3, -0.25) is 4.79 Å². The Balaban J connectivity index is 1.91. The summed E-state index contributed by atoms with van der Waals surface area (Å²) in [4.78, 5) is 13.0. The Kier molecular flexibility index (Phi) is 8.10. The molecule has 5 nitrogen and oxygen atoms in total. The maximum absolute atomic E-state index is 13.0. The fraction of sp³-hybridized carbons (Fsp3) is 0.320. The lowest BCUT2D eigenvalue weighted by Crippen LogP contribution is -1.99. The van der Waals surface area contributed by atoms with Crippen LogP contribution in [0.4, 0.5) is 0 Å². The first kappa shape index (κ1) is 24.0. The number of hydrogen-bond donors (Lipinski definition) is 0. The Labute approximate surface area is 198 Å². The van der Waals surface area contributed by atoms with Crippen molar-refractivity contribution in [3.8, 4) is 23.0 Å². The summed E-state index contributed by atoms with van der Waals surface area (Å²) >= 11 is 12.7. The fourth-order valence-corrected chi connectivity index (χ4v) is 4.24. The van der Waals surface area contributed by atoms with Crippen molar-refractivity contribution >= 4 is 41.1 Å². The number of hydrogen-bond acceptors (Lipinski definition) is 5. The third-order valence-corrected chi connectivity index (χ3v) is 5.56. The molecule has 0 radical (unpaired) electrons. The van der Waals surface area contributed by atoms with E-state index < -0.39 is 0 Å². The first-order valence-electron chi connectivity index (χ1n) is 10.4. The van der Waals surface area contributed by atoms with Crippen LogP contribution in [0.15, 0.2) is 35.4 Å². The Bertz CT molecular complexity index is 989. The molecule has 0 saturated heterocycles. The molecule has 0 aliphatic heterocycles. The number of allylic oxidation sites excluding steroid dienone is 2. The molecule has 2 aromatic rings. The lowest BCUT2D eigenvalue weighted by Gasteiger charge is -2.12. The number of ether oxygens (including phenoxy) is 4. The Morgan fingerprint density at radius 1 is 0.781 bits per heavy atom. The van der Waals surface area contributed by atoms with Crippen LogP contribution in [0.1, 0.15) is 37.8 Å². The number of carbonyl (C=O) groups is 1. The predicted octanol–water partition coefficient (Wildman–Crippen LogP) is 6.64. The molecule has 0 heterocycles. The molecule has 0 N–H and O–H groups in total. The van der Waals surface area contributed by atoms with Crippen molar-refractivity contribution in [1.82, 2.24) is 0 Å². The van der Waals surface area contributed by atoms with Crippen LogP contribution < -0.4 is 18.9 Å². The Morgan fingerprint density at radius 3 is 1.53 bits per heavy atom. The van der Waals surface area contributed by atoms with E-state index in [0.29, 0.717) is 70.2 Å². The smallest absolute Gasteiger partial charge is 0.185 e. The minimum absolute atomic E-state index is 0.000184. The molecule has 1 aliphatic carbocycles. The minimum atomic E-state index is -0.000184. The molecule has 0 atom stereocenters. The molecule has 1 fully saturated rings. The van der Waals surface area contributed by atoms with Gasteiger partial charge in [-0.25, -0.2) is 0 Å². The summed E-state index contributed by atoms with van der Waals surface area (Å²) in [6, 6.07) is 7.19. The average Bonchev–Trinajstić information content (AvgIpc) is 3.07. The van der Waals surface area contributed by atoms with Gasteiger partial charge in [0.2, 0.25) is 0 Å². The maximum atomic E-state index is 13.0. The molecule has 2 aromatic carbocycles. The van der Waals surface area contributed by atoms with Crippen LogP contribution in [0.3, 0.4) is 0 Å². The summed E-state index contributed by atoms with van der Waals surface area (Å²) in [5, 5.41) is 0.866. The second-order valence-corrected chi connectivity index (χ2v) is 7.92. The molecule has 0 unspecified atom stereocenters. The van der Waals surface area contributed by atoms with Crippen LogP contribution in [-0.2, 0) is 4.79 Å². The number of carbonyl (C=O) groups excluding carboxylic acids is 1. The molecule has 0 spiro atoms. The average molecular weight is 477 g/mol. The van der Waals surface area contributed by atoms with Crippen LogP contribution in [0, 0.1) is 0 Å². The van der Waals surface area contributed by atoms with Crippen molar-refractivity contribution in [3.05, 3.63) is 56.6 Å². The van der Waals surface area contributed by atoms with Crippen LogP contribution in [0.2, 0.25) is 10.0 Å². The maximum Gasteiger partial charge on any atom is 0.185 e. The normalized spacial score (nSPS) is 16.0. The van der Waals surface area contributed by atoms with Crippen LogP contribution in [-0.4, -0.2) is 33.2 Å². The van der Waals surface area contributed by atoms with Gasteiger partial charge in [0.15, 0.2) is 28.8 Å². The molecular formula is C25H26Cl2O5. The standard InChI is InChI=1S/C25H26Cl2O5/c1-5-31-21-13-15(11-19(26)24(21)29-3)9-17-7-8-18(23(17)28)10-16-12-20(27)25(30-4)22(14-16)32-6-2/h9-14H,5-8H2,1-4H3/b17-9+,18-10+. The van der Waals surface area contributed by atoms with Crippen LogP contribution in [0.5, 0.6) is 23.0 Å². The molecule has 170 valence electrons. The third kappa shape index (κ3) is 5.22. The fourth-order valence-electron chi connectivity index (χ4n) is 3.65. The van der Waals surface area contributed by atoms with Crippen LogP contribution in [0.25, 0.3) is 12.2 Å². The van der Waals surface area contributed by atoms with Crippen molar-refractivity contribution in [2.24, 2.45) is 0 Å². The Morgan fingerprint density at radius 2 is 1.19 bits per heavy atom. The van der Waals surface area contributed by atoms with Gasteiger partial charge in [-0.1, -0.05) is 23.2 Å². The molecule has 0 amide bonds. The molecule has 1 aliphatic rings. The number of methoxy groups -OCH3 is 2. The lowest BCUT2D eigenvalue weighted by molar-refractivity contribution is -0.111. The lowest BCUT2D eigenvalue weighted by atomic mass is 10.1. The van der Waals surface area contributed by atoms with E-state index >= 15 is 0 Å². The van der Waals surface area contributed by atoms with Crippen molar-refractivity contribution in [3.63, 3.8) is 0 Å². The zero-order valence-electron chi connectivity index (χ0n) is 18.6. The highest BCUT2D eigenvalue weighted by Gasteiger charge is 2.24. The Hall–Kier alpha value is -2.63. The number of rotatable bonds is 8. The van der Waals surface area contributed by atoms with Gasteiger partial charge in [0, 0.05) is 11.1 Å². The predicted molar refractivity (Wildman–Crippen MR) is 129 cm³/mol. The SMILES string of the molecule is CCOc1cc(/C=C2\CC/C(=C\c3cc(Cl)c(OC)c(OCC)c3)C2=O)cc(Cl)c1OC. The number of halogens is 2. The summed E-state index contributed by atoms with van der Waals surface area (Å²) in [5.41, 5.74) is 3.00. The molecule has 0 bridgehead atoms. The second kappa shape index (κ2) is 10.8. The largest absolute Gasteiger partial charge is 0.491 e. The molecular weight excluding hydrogens is 451 g/mol. The quantitative estimate of drug-likeness (QED) is 0.399. The van der Waals surface area contributed by atoms with E-state index in [1.54, 1.807) is 26.4 Å². The summed E-state index contributed by atoms with van der Waals surface area (Å²) in [7, 11) is 3.09. The van der Waals surface area contributed by atoms with Crippen molar-refractivity contribution in [2.75, 3.05) is 27.4 Å². The highest BCUT2D eigenvalue weighted by Crippen LogP contribution is 2.39. The van der Waals surface area contributed by atoms with E-state index in [2.05, 4.69) is 0 Å². The van der Waals surface area contributed by atoms with E-state index in [4.69, 9.17) is 42.1 Å². The second-order valence-electron chi connectivity index (χ2n) is 7.10. The zero-order chi connectivity index (χ0) is 23.3. The molecule has 3 rings (SSSR count). The zero-order valence-corrected chi connectivity index (χ0v) is 20.1. The van der Waals surface area contributed by atoms with E-state index in [1.165, 1.54) is 0 Å². The van der Waals surface area contributed by atoms with E-state index in [1.807, 2.05) is 38.1 Å². The highest BCUT2D eigenvalue weighted by atomic mass is 35.5. The molecule has 0 aromatic heterocycles. The van der Waals surface area contributed by atoms with Gasteiger partial charge >= 0.3 is 0 Å². The van der Waals surface area contributed by atoms with Gasteiger partial charge in [0.25, 0.3) is 0 Å². The van der Waals surface area contributed by atoms with Crippen molar-refractivity contribution in [1.29, 1.82) is 0 Å². The summed E-state index contributed by atoms with van der Waals surface area (Å²) < 4.78 is 21.9. The molecule has 32 heavy (non-hydrogen) atoms. The van der Waals surface area contributed by atoms with Gasteiger partial charge in [-0.15, -0.1) is 0 Å². The highest BCUT2D eigenvalue weighted by molar-refractivity contribution is 6.33. The van der Waals surface area contributed by atoms with Gasteiger partial charge in [-0.05, 0) is 74.2 Å². The van der Waals surface area contributed by atoms with Crippen molar-refractivity contribution in [2.45, 2.75) is 26.7 Å². The van der Waals surface area contributed by atoms with E-state index in [9.17, 15) is 4.79 Å². The van der Waals surface area contributed by atoms with E-state index in [0.717, 1.165) is 11.1 Å². The number of Topliss-reactive ketones (excluding diaryl/α,β-unsaturated/α-hetero) is 1.